The third-order valence-corrected chi connectivity index (χ3v) is 4.32. The molecule has 0 radical (unpaired) electrons. The van der Waals surface area contributed by atoms with Crippen molar-refractivity contribution in [3.05, 3.63) is 47.0 Å². The standard InChI is InChI=1S/C16H16N2O4S/c1-21-15(20)12-4-2-11(3-5-12)14(19)18-8-6-13(10-18)22-16-17-7-9-23-16/h2-5,7,9,13H,6,8,10H2,1H3. The van der Waals surface area contributed by atoms with Crippen LogP contribution in [0.4, 0.5) is 0 Å². The number of amides is 1. The number of carbonyl (C=O) groups is 2. The molecule has 6 nitrogen and oxygen atoms in total. The van der Waals surface area contributed by atoms with Crippen LogP contribution in [-0.2, 0) is 4.74 Å². The maximum atomic E-state index is 12.5. The summed E-state index contributed by atoms with van der Waals surface area (Å²) in [5.74, 6) is -0.478. The van der Waals surface area contributed by atoms with E-state index in [4.69, 9.17) is 4.74 Å². The molecule has 1 unspecified atom stereocenters. The van der Waals surface area contributed by atoms with Gasteiger partial charge in [-0.2, -0.15) is 0 Å². The Morgan fingerprint density at radius 2 is 2.00 bits per heavy atom. The van der Waals surface area contributed by atoms with Crippen LogP contribution in [0.2, 0.25) is 0 Å². The lowest BCUT2D eigenvalue weighted by Crippen LogP contribution is -2.30. The van der Waals surface area contributed by atoms with E-state index in [-0.39, 0.29) is 12.0 Å². The fourth-order valence-corrected chi connectivity index (χ4v) is 3.02. The van der Waals surface area contributed by atoms with Crippen molar-refractivity contribution in [3.63, 3.8) is 0 Å². The van der Waals surface area contributed by atoms with E-state index in [0.717, 1.165) is 6.42 Å². The summed E-state index contributed by atoms with van der Waals surface area (Å²) in [5.41, 5.74) is 0.975. The van der Waals surface area contributed by atoms with Gasteiger partial charge in [-0.15, -0.1) is 0 Å². The summed E-state index contributed by atoms with van der Waals surface area (Å²) in [5, 5.41) is 2.49. The number of thiazole rings is 1. The fraction of sp³-hybridized carbons (Fsp3) is 0.312. The van der Waals surface area contributed by atoms with E-state index in [1.54, 1.807) is 35.4 Å². The molecule has 23 heavy (non-hydrogen) atoms. The maximum absolute atomic E-state index is 12.5. The van der Waals surface area contributed by atoms with Crippen LogP contribution in [0.3, 0.4) is 0 Å². The third-order valence-electron chi connectivity index (χ3n) is 3.66. The van der Waals surface area contributed by atoms with E-state index in [1.807, 2.05) is 5.38 Å². The van der Waals surface area contributed by atoms with Crippen molar-refractivity contribution in [2.45, 2.75) is 12.5 Å². The number of hydrogen-bond donors (Lipinski definition) is 0. The van der Waals surface area contributed by atoms with Gasteiger partial charge >= 0.3 is 5.97 Å². The highest BCUT2D eigenvalue weighted by Gasteiger charge is 2.28. The molecule has 0 bridgehead atoms. The van der Waals surface area contributed by atoms with E-state index in [2.05, 4.69) is 9.72 Å². The zero-order chi connectivity index (χ0) is 16.2. The van der Waals surface area contributed by atoms with Crippen LogP contribution < -0.4 is 4.74 Å². The third kappa shape index (κ3) is 3.50. The smallest absolute Gasteiger partial charge is 0.337 e. The van der Waals surface area contributed by atoms with E-state index < -0.39 is 5.97 Å². The molecule has 0 spiro atoms. The molecule has 3 rings (SSSR count). The molecule has 0 N–H and O–H groups in total. The lowest BCUT2D eigenvalue weighted by molar-refractivity contribution is 0.0600. The minimum absolute atomic E-state index is 0.0283. The molecule has 2 aromatic rings. The first-order chi connectivity index (χ1) is 11.2. The van der Waals surface area contributed by atoms with Crippen molar-refractivity contribution >= 4 is 23.2 Å². The summed E-state index contributed by atoms with van der Waals surface area (Å²) in [4.78, 5) is 29.7. The number of carbonyl (C=O) groups excluding carboxylic acids is 2. The summed E-state index contributed by atoms with van der Waals surface area (Å²) in [7, 11) is 1.33. The number of benzene rings is 1. The first-order valence-electron chi connectivity index (χ1n) is 7.21. The van der Waals surface area contributed by atoms with Crippen molar-refractivity contribution in [2.24, 2.45) is 0 Å². The highest BCUT2D eigenvalue weighted by atomic mass is 32.1. The molecule has 1 saturated heterocycles. The highest BCUT2D eigenvalue weighted by molar-refractivity contribution is 7.11. The van der Waals surface area contributed by atoms with Crippen LogP contribution in [0.25, 0.3) is 0 Å². The second kappa shape index (κ2) is 6.78. The Bertz CT molecular complexity index is 685. The summed E-state index contributed by atoms with van der Waals surface area (Å²) in [6.07, 6.45) is 2.45. The van der Waals surface area contributed by atoms with E-state index in [0.29, 0.717) is 29.4 Å². The number of methoxy groups -OCH3 is 1. The molecule has 1 amide bonds. The topological polar surface area (TPSA) is 68.7 Å². The summed E-state index contributed by atoms with van der Waals surface area (Å²) >= 11 is 1.44. The van der Waals surface area contributed by atoms with Gasteiger partial charge in [0.1, 0.15) is 6.10 Å². The molecule has 2 heterocycles. The van der Waals surface area contributed by atoms with Gasteiger partial charge in [0, 0.05) is 30.1 Å². The summed E-state index contributed by atoms with van der Waals surface area (Å²) < 4.78 is 10.4. The first kappa shape index (κ1) is 15.5. The van der Waals surface area contributed by atoms with Crippen LogP contribution in [-0.4, -0.2) is 48.1 Å². The van der Waals surface area contributed by atoms with Gasteiger partial charge in [-0.05, 0) is 24.3 Å². The quantitative estimate of drug-likeness (QED) is 0.803. The predicted molar refractivity (Wildman–Crippen MR) is 84.8 cm³/mol. The molecule has 0 saturated carbocycles. The van der Waals surface area contributed by atoms with Gasteiger partial charge in [-0.25, -0.2) is 9.78 Å². The number of aromatic nitrogens is 1. The molecule has 0 aliphatic carbocycles. The molecule has 120 valence electrons. The predicted octanol–water partition coefficient (Wildman–Crippen LogP) is 2.22. The van der Waals surface area contributed by atoms with Crippen LogP contribution in [0, 0.1) is 0 Å². The Balaban J connectivity index is 1.61. The van der Waals surface area contributed by atoms with Gasteiger partial charge in [0.15, 0.2) is 0 Å². The van der Waals surface area contributed by atoms with Gasteiger partial charge in [0.05, 0.1) is 19.2 Å². The van der Waals surface area contributed by atoms with E-state index >= 15 is 0 Å². The van der Waals surface area contributed by atoms with Gasteiger partial charge in [-0.1, -0.05) is 11.3 Å². The van der Waals surface area contributed by atoms with Crippen molar-refractivity contribution < 1.29 is 19.1 Å². The highest BCUT2D eigenvalue weighted by Crippen LogP contribution is 2.21. The lowest BCUT2D eigenvalue weighted by atomic mass is 10.1. The second-order valence-electron chi connectivity index (χ2n) is 5.15. The van der Waals surface area contributed by atoms with Gasteiger partial charge in [0.2, 0.25) is 0 Å². The van der Waals surface area contributed by atoms with Crippen LogP contribution in [0.5, 0.6) is 5.19 Å². The number of hydrogen-bond acceptors (Lipinski definition) is 6. The number of esters is 1. The molecule has 7 heteroatoms. The van der Waals surface area contributed by atoms with Crippen molar-refractivity contribution in [1.29, 1.82) is 0 Å². The van der Waals surface area contributed by atoms with Crippen LogP contribution in [0.1, 0.15) is 27.1 Å². The normalized spacial score (nSPS) is 17.1. The van der Waals surface area contributed by atoms with Crippen molar-refractivity contribution in [1.82, 2.24) is 9.88 Å². The van der Waals surface area contributed by atoms with Gasteiger partial charge < -0.3 is 14.4 Å². The van der Waals surface area contributed by atoms with Crippen molar-refractivity contribution in [3.8, 4) is 5.19 Å². The molecule has 1 aromatic heterocycles. The summed E-state index contributed by atoms with van der Waals surface area (Å²) in [6.45, 7) is 1.19. The molecule has 1 aliphatic rings. The number of ether oxygens (including phenoxy) is 2. The molecular weight excluding hydrogens is 316 g/mol. The molecular formula is C16H16N2O4S. The summed E-state index contributed by atoms with van der Waals surface area (Å²) in [6, 6.07) is 6.48. The van der Waals surface area contributed by atoms with Crippen LogP contribution in [0.15, 0.2) is 35.8 Å². The fourth-order valence-electron chi connectivity index (χ4n) is 2.47. The van der Waals surface area contributed by atoms with Gasteiger partial charge in [0.25, 0.3) is 11.1 Å². The van der Waals surface area contributed by atoms with Crippen molar-refractivity contribution in [2.75, 3.05) is 20.2 Å². The van der Waals surface area contributed by atoms with E-state index in [9.17, 15) is 9.59 Å². The molecule has 1 fully saturated rings. The van der Waals surface area contributed by atoms with E-state index in [1.165, 1.54) is 18.4 Å². The molecule has 1 atom stereocenters. The minimum Gasteiger partial charge on any atom is -0.465 e. The Labute approximate surface area is 137 Å². The molecule has 1 aromatic carbocycles. The number of likely N-dealkylation sites (tertiary alicyclic amines) is 1. The average molecular weight is 332 g/mol. The average Bonchev–Trinajstić information content (AvgIpc) is 3.26. The molecule has 1 aliphatic heterocycles. The zero-order valence-electron chi connectivity index (χ0n) is 12.6. The Hall–Kier alpha value is -2.41. The lowest BCUT2D eigenvalue weighted by Gasteiger charge is -2.16. The Kier molecular flexibility index (Phi) is 4.57. The first-order valence-corrected chi connectivity index (χ1v) is 8.09. The minimum atomic E-state index is -0.415. The zero-order valence-corrected chi connectivity index (χ0v) is 13.4. The SMILES string of the molecule is COC(=O)c1ccc(C(=O)N2CCC(Oc3nccs3)C2)cc1. The second-order valence-corrected chi connectivity index (χ2v) is 6.00. The number of nitrogens with zero attached hydrogens (tertiary/aromatic N) is 2. The van der Waals surface area contributed by atoms with Gasteiger partial charge in [-0.3, -0.25) is 4.79 Å². The monoisotopic (exact) mass is 332 g/mol. The van der Waals surface area contributed by atoms with Crippen LogP contribution >= 0.6 is 11.3 Å². The Morgan fingerprint density at radius 3 is 2.65 bits per heavy atom. The number of rotatable bonds is 4. The Morgan fingerprint density at radius 1 is 1.26 bits per heavy atom. The largest absolute Gasteiger partial charge is 0.465 e. The maximum Gasteiger partial charge on any atom is 0.337 e.